The highest BCUT2D eigenvalue weighted by atomic mass is 16.5. The quantitative estimate of drug-likeness (QED) is 0.635. The maximum absolute atomic E-state index is 11.9. The first-order chi connectivity index (χ1) is 8.56. The van der Waals surface area contributed by atoms with Crippen LogP contribution in [0.15, 0.2) is 18.2 Å². The normalized spacial score (nSPS) is 16.8. The number of carbonyl (C=O) groups is 1. The van der Waals surface area contributed by atoms with Crippen LogP contribution < -0.4 is 11.1 Å². The average Bonchev–Trinajstić information content (AvgIpc) is 2.30. The topological polar surface area (TPSA) is 64.3 Å². The Hall–Kier alpha value is -1.71. The van der Waals surface area contributed by atoms with E-state index in [0.717, 1.165) is 12.8 Å². The van der Waals surface area contributed by atoms with Crippen LogP contribution in [0, 0.1) is 0 Å². The Kier molecular flexibility index (Phi) is 3.45. The van der Waals surface area contributed by atoms with Gasteiger partial charge in [0, 0.05) is 5.54 Å². The second-order valence-corrected chi connectivity index (χ2v) is 5.03. The minimum Gasteiger partial charge on any atom is -0.462 e. The van der Waals surface area contributed by atoms with Crippen molar-refractivity contribution in [1.82, 2.24) is 0 Å². The third-order valence-corrected chi connectivity index (χ3v) is 3.48. The maximum atomic E-state index is 11.9. The summed E-state index contributed by atoms with van der Waals surface area (Å²) in [4.78, 5) is 11.9. The molecular formula is C14H20N2O2. The van der Waals surface area contributed by atoms with E-state index in [1.165, 1.54) is 6.42 Å². The third kappa shape index (κ3) is 2.42. The van der Waals surface area contributed by atoms with E-state index in [1.54, 1.807) is 25.1 Å². The number of ether oxygens (including phenoxy) is 1. The Morgan fingerprint density at radius 1 is 1.50 bits per heavy atom. The summed E-state index contributed by atoms with van der Waals surface area (Å²) in [5.41, 5.74) is 7.84. The van der Waals surface area contributed by atoms with Gasteiger partial charge in [0.2, 0.25) is 0 Å². The molecule has 1 aromatic carbocycles. The molecule has 1 aliphatic rings. The fraction of sp³-hybridized carbons (Fsp3) is 0.500. The molecule has 18 heavy (non-hydrogen) atoms. The van der Waals surface area contributed by atoms with Crippen molar-refractivity contribution >= 4 is 17.3 Å². The van der Waals surface area contributed by atoms with Crippen LogP contribution >= 0.6 is 0 Å². The molecule has 0 spiro atoms. The number of hydrogen-bond acceptors (Lipinski definition) is 4. The van der Waals surface area contributed by atoms with Crippen molar-refractivity contribution in [3.63, 3.8) is 0 Å². The number of esters is 1. The van der Waals surface area contributed by atoms with Gasteiger partial charge in [0.05, 0.1) is 23.5 Å². The number of anilines is 2. The first kappa shape index (κ1) is 12.7. The van der Waals surface area contributed by atoms with Crippen molar-refractivity contribution in [2.75, 3.05) is 17.7 Å². The van der Waals surface area contributed by atoms with Crippen LogP contribution in [0.2, 0.25) is 0 Å². The fourth-order valence-corrected chi connectivity index (χ4v) is 2.22. The number of carbonyl (C=O) groups excluding carboxylic acids is 1. The highest BCUT2D eigenvalue weighted by Crippen LogP contribution is 2.37. The van der Waals surface area contributed by atoms with Gasteiger partial charge in [0.25, 0.3) is 0 Å². The number of benzene rings is 1. The molecule has 0 radical (unpaired) electrons. The van der Waals surface area contributed by atoms with Crippen molar-refractivity contribution in [3.8, 4) is 0 Å². The number of rotatable bonds is 4. The van der Waals surface area contributed by atoms with Gasteiger partial charge in [-0.1, -0.05) is 6.07 Å². The summed E-state index contributed by atoms with van der Waals surface area (Å²) in [6.07, 6.45) is 3.41. The van der Waals surface area contributed by atoms with E-state index in [1.807, 2.05) is 0 Å². The molecule has 4 nitrogen and oxygen atoms in total. The van der Waals surface area contributed by atoms with Crippen LogP contribution in [0.4, 0.5) is 11.4 Å². The van der Waals surface area contributed by atoms with Crippen LogP contribution in [0.5, 0.6) is 0 Å². The van der Waals surface area contributed by atoms with Gasteiger partial charge < -0.3 is 15.8 Å². The number of hydrogen-bond donors (Lipinski definition) is 2. The summed E-state index contributed by atoms with van der Waals surface area (Å²) in [6.45, 7) is 4.31. The lowest BCUT2D eigenvalue weighted by Crippen LogP contribution is -2.42. The average molecular weight is 248 g/mol. The molecule has 4 heteroatoms. The van der Waals surface area contributed by atoms with Gasteiger partial charge in [0.1, 0.15) is 0 Å². The van der Waals surface area contributed by atoms with E-state index in [9.17, 15) is 4.79 Å². The number of para-hydroxylation sites is 1. The molecule has 1 fully saturated rings. The van der Waals surface area contributed by atoms with Crippen LogP contribution in [-0.4, -0.2) is 18.1 Å². The second kappa shape index (κ2) is 4.88. The molecule has 0 heterocycles. The Balaban J connectivity index is 2.29. The molecule has 98 valence electrons. The Morgan fingerprint density at radius 2 is 2.22 bits per heavy atom. The molecule has 0 bridgehead atoms. The van der Waals surface area contributed by atoms with Crippen molar-refractivity contribution in [1.29, 1.82) is 0 Å². The van der Waals surface area contributed by atoms with Gasteiger partial charge in [-0.05, 0) is 45.2 Å². The molecule has 1 aliphatic carbocycles. The number of nitrogens with one attached hydrogen (secondary N) is 1. The minimum atomic E-state index is -0.324. The zero-order valence-corrected chi connectivity index (χ0v) is 11.0. The molecule has 0 saturated heterocycles. The first-order valence-electron chi connectivity index (χ1n) is 6.39. The van der Waals surface area contributed by atoms with E-state index in [4.69, 9.17) is 10.5 Å². The van der Waals surface area contributed by atoms with E-state index >= 15 is 0 Å². The predicted molar refractivity (Wildman–Crippen MR) is 72.7 cm³/mol. The fourth-order valence-electron chi connectivity index (χ4n) is 2.22. The smallest absolute Gasteiger partial charge is 0.340 e. The van der Waals surface area contributed by atoms with Crippen molar-refractivity contribution in [2.24, 2.45) is 0 Å². The largest absolute Gasteiger partial charge is 0.462 e. The summed E-state index contributed by atoms with van der Waals surface area (Å²) < 4.78 is 5.06. The van der Waals surface area contributed by atoms with Gasteiger partial charge in [-0.15, -0.1) is 0 Å². The lowest BCUT2D eigenvalue weighted by atomic mass is 9.78. The molecule has 0 aliphatic heterocycles. The summed E-state index contributed by atoms with van der Waals surface area (Å²) in [5, 5.41) is 3.41. The van der Waals surface area contributed by atoms with E-state index < -0.39 is 0 Å². The maximum Gasteiger partial charge on any atom is 0.340 e. The zero-order chi connectivity index (χ0) is 13.2. The van der Waals surface area contributed by atoms with Gasteiger partial charge in [-0.2, -0.15) is 0 Å². The van der Waals surface area contributed by atoms with Crippen LogP contribution in [0.1, 0.15) is 43.5 Å². The van der Waals surface area contributed by atoms with Crippen LogP contribution in [-0.2, 0) is 4.74 Å². The SMILES string of the molecule is CCOC(=O)c1cccc(N)c1NC1(C)CCC1. The zero-order valence-electron chi connectivity index (χ0n) is 11.0. The van der Waals surface area contributed by atoms with Gasteiger partial charge in [-0.25, -0.2) is 4.79 Å². The molecule has 0 atom stereocenters. The van der Waals surface area contributed by atoms with Gasteiger partial charge in [0.15, 0.2) is 0 Å². The monoisotopic (exact) mass is 248 g/mol. The van der Waals surface area contributed by atoms with Crippen LogP contribution in [0.25, 0.3) is 0 Å². The first-order valence-corrected chi connectivity index (χ1v) is 6.39. The molecule has 0 amide bonds. The Bertz CT molecular complexity index is 453. The Morgan fingerprint density at radius 3 is 2.78 bits per heavy atom. The van der Waals surface area contributed by atoms with Gasteiger partial charge in [-0.3, -0.25) is 0 Å². The predicted octanol–water partition coefficient (Wildman–Crippen LogP) is 2.80. The molecular weight excluding hydrogens is 228 g/mol. The summed E-state index contributed by atoms with van der Waals surface area (Å²) in [7, 11) is 0. The number of nitrogens with two attached hydrogens (primary N) is 1. The molecule has 3 N–H and O–H groups in total. The summed E-state index contributed by atoms with van der Waals surface area (Å²) >= 11 is 0. The third-order valence-electron chi connectivity index (χ3n) is 3.48. The molecule has 0 aromatic heterocycles. The molecule has 0 unspecified atom stereocenters. The van der Waals surface area contributed by atoms with Gasteiger partial charge >= 0.3 is 5.97 Å². The van der Waals surface area contributed by atoms with Crippen molar-refractivity contribution < 1.29 is 9.53 Å². The highest BCUT2D eigenvalue weighted by molar-refractivity contribution is 5.99. The van der Waals surface area contributed by atoms with Crippen LogP contribution in [0.3, 0.4) is 0 Å². The van der Waals surface area contributed by atoms with Crippen molar-refractivity contribution in [2.45, 2.75) is 38.6 Å². The van der Waals surface area contributed by atoms with E-state index in [-0.39, 0.29) is 11.5 Å². The lowest BCUT2D eigenvalue weighted by molar-refractivity contribution is 0.0527. The second-order valence-electron chi connectivity index (χ2n) is 5.03. The minimum absolute atomic E-state index is 0.0523. The van der Waals surface area contributed by atoms with Crippen molar-refractivity contribution in [3.05, 3.63) is 23.8 Å². The number of nitrogen functional groups attached to an aromatic ring is 1. The Labute approximate surface area is 108 Å². The summed E-state index contributed by atoms with van der Waals surface area (Å²) in [5.74, 6) is -0.324. The highest BCUT2D eigenvalue weighted by Gasteiger charge is 2.33. The molecule has 1 aromatic rings. The lowest BCUT2D eigenvalue weighted by Gasteiger charge is -2.40. The molecule has 1 saturated carbocycles. The summed E-state index contributed by atoms with van der Waals surface area (Å²) in [6, 6.07) is 5.32. The van der Waals surface area contributed by atoms with E-state index in [2.05, 4.69) is 12.2 Å². The standard InChI is InChI=1S/C14H20N2O2/c1-3-18-13(17)10-6-4-7-11(15)12(10)16-14(2)8-5-9-14/h4,6-7,16H,3,5,8-9,15H2,1-2H3. The molecule has 2 rings (SSSR count). The van der Waals surface area contributed by atoms with E-state index in [0.29, 0.717) is 23.5 Å².